The zero-order chi connectivity index (χ0) is 34.2. The number of methoxy groups -OCH3 is 2. The monoisotopic (exact) mass is 674 g/mol. The first-order chi connectivity index (χ1) is 21.8. The molecule has 0 fully saturated rings. The van der Waals surface area contributed by atoms with Crippen LogP contribution in [0.25, 0.3) is 0 Å². The number of aryl methyl sites for hydroxylation is 1. The highest BCUT2D eigenvalue weighted by Gasteiger charge is 2.36. The summed E-state index contributed by atoms with van der Waals surface area (Å²) in [5, 5.41) is 14.8. The number of amides is 2. The molecular formula is C32H39ClN4O8S. The van der Waals surface area contributed by atoms with Crippen LogP contribution in [0.3, 0.4) is 0 Å². The standard InChI is InChI=1S/C32H39ClN4O8S/c1-7-22(4)34-32(39)27(8-2)35(19-23-10-9-11-25(16-23)44-5)31(38)20-36(29-17-24(33)13-15-30(29)45-6)46(42,43)26-14-12-21(3)28(18-26)37(40)41/h9-18,22,27H,7-8,19-20H2,1-6H3,(H,34,39)/t22-,27+/m1/s1. The molecule has 0 aliphatic rings. The number of anilines is 1. The van der Waals surface area contributed by atoms with Crippen molar-refractivity contribution >= 4 is 44.8 Å². The molecule has 0 aliphatic carbocycles. The van der Waals surface area contributed by atoms with E-state index in [2.05, 4.69) is 5.32 Å². The summed E-state index contributed by atoms with van der Waals surface area (Å²) >= 11 is 6.29. The van der Waals surface area contributed by atoms with Crippen LogP contribution in [0.5, 0.6) is 11.5 Å². The number of nitro benzene ring substituents is 1. The quantitative estimate of drug-likeness (QED) is 0.164. The number of ether oxygens (including phenoxy) is 2. The number of benzene rings is 3. The van der Waals surface area contributed by atoms with Crippen molar-refractivity contribution in [1.29, 1.82) is 0 Å². The molecule has 0 aliphatic heterocycles. The number of carbonyl (C=O) groups is 2. The third kappa shape index (κ3) is 8.46. The fraction of sp³-hybridized carbons (Fsp3) is 0.375. The van der Waals surface area contributed by atoms with Gasteiger partial charge < -0.3 is 19.7 Å². The van der Waals surface area contributed by atoms with Gasteiger partial charge in [0.2, 0.25) is 11.8 Å². The van der Waals surface area contributed by atoms with Gasteiger partial charge in [-0.2, -0.15) is 0 Å². The SMILES string of the molecule is CC[C@@H](C)NC(=O)[C@H](CC)N(Cc1cccc(OC)c1)C(=O)CN(c1cc(Cl)ccc1OC)S(=O)(=O)c1ccc(C)c([N+](=O)[O-])c1. The van der Waals surface area contributed by atoms with Gasteiger partial charge in [-0.25, -0.2) is 8.42 Å². The zero-order valence-corrected chi connectivity index (χ0v) is 28.2. The third-order valence-corrected chi connectivity index (χ3v) is 9.52. The van der Waals surface area contributed by atoms with Crippen LogP contribution in [-0.4, -0.2) is 62.9 Å². The predicted octanol–water partition coefficient (Wildman–Crippen LogP) is 5.49. The van der Waals surface area contributed by atoms with Gasteiger partial charge in [0.05, 0.1) is 29.7 Å². The van der Waals surface area contributed by atoms with Gasteiger partial charge in [-0.15, -0.1) is 0 Å². The van der Waals surface area contributed by atoms with Crippen molar-refractivity contribution in [3.63, 3.8) is 0 Å². The van der Waals surface area contributed by atoms with Crippen LogP contribution >= 0.6 is 11.6 Å². The molecule has 0 unspecified atom stereocenters. The predicted molar refractivity (Wildman–Crippen MR) is 176 cm³/mol. The summed E-state index contributed by atoms with van der Waals surface area (Å²) in [7, 11) is -1.80. The number of nitro groups is 1. The number of carbonyl (C=O) groups excluding carboxylic acids is 2. The number of hydrogen-bond acceptors (Lipinski definition) is 8. The van der Waals surface area contributed by atoms with E-state index in [0.29, 0.717) is 17.7 Å². The molecular weight excluding hydrogens is 636 g/mol. The molecule has 12 nitrogen and oxygen atoms in total. The minimum atomic E-state index is -4.64. The zero-order valence-electron chi connectivity index (χ0n) is 26.7. The van der Waals surface area contributed by atoms with Gasteiger partial charge in [0.15, 0.2) is 0 Å². The van der Waals surface area contributed by atoms with E-state index in [1.165, 1.54) is 56.4 Å². The van der Waals surface area contributed by atoms with E-state index in [9.17, 15) is 28.1 Å². The number of halogens is 1. The fourth-order valence-corrected chi connectivity index (χ4v) is 6.38. The van der Waals surface area contributed by atoms with E-state index in [1.807, 2.05) is 13.8 Å². The molecule has 0 bridgehead atoms. The molecule has 2 atom stereocenters. The van der Waals surface area contributed by atoms with E-state index in [0.717, 1.165) is 10.4 Å². The molecule has 0 saturated heterocycles. The summed E-state index contributed by atoms with van der Waals surface area (Å²) in [6, 6.07) is 13.6. The molecule has 3 rings (SSSR count). The highest BCUT2D eigenvalue weighted by molar-refractivity contribution is 7.92. The lowest BCUT2D eigenvalue weighted by atomic mass is 10.1. The Balaban J connectivity index is 2.20. The molecule has 46 heavy (non-hydrogen) atoms. The Hall–Kier alpha value is -4.36. The van der Waals surface area contributed by atoms with Crippen LogP contribution < -0.4 is 19.1 Å². The Kier molecular flexibility index (Phi) is 12.4. The number of nitrogens with one attached hydrogen (secondary N) is 1. The first-order valence-electron chi connectivity index (χ1n) is 14.6. The van der Waals surface area contributed by atoms with Crippen molar-refractivity contribution in [1.82, 2.24) is 10.2 Å². The lowest BCUT2D eigenvalue weighted by molar-refractivity contribution is -0.385. The van der Waals surface area contributed by atoms with Crippen LogP contribution in [0.4, 0.5) is 11.4 Å². The van der Waals surface area contributed by atoms with E-state index in [-0.39, 0.29) is 41.0 Å². The van der Waals surface area contributed by atoms with Gasteiger partial charge in [-0.1, -0.05) is 43.6 Å². The van der Waals surface area contributed by atoms with Crippen molar-refractivity contribution < 1.29 is 32.4 Å². The average molecular weight is 675 g/mol. The largest absolute Gasteiger partial charge is 0.497 e. The van der Waals surface area contributed by atoms with Crippen molar-refractivity contribution in [2.75, 3.05) is 25.1 Å². The molecule has 14 heteroatoms. The molecule has 0 radical (unpaired) electrons. The molecule has 3 aromatic rings. The maximum Gasteiger partial charge on any atom is 0.273 e. The second kappa shape index (κ2) is 15.8. The fourth-order valence-electron chi connectivity index (χ4n) is 4.77. The first kappa shape index (κ1) is 36.1. The second-order valence-corrected chi connectivity index (χ2v) is 12.9. The Bertz CT molecular complexity index is 1680. The Morgan fingerprint density at radius 1 is 1.02 bits per heavy atom. The normalized spacial score (nSPS) is 12.5. The molecule has 0 aromatic heterocycles. The maximum atomic E-state index is 14.4. The Labute approximate surface area is 274 Å². The number of sulfonamides is 1. The van der Waals surface area contributed by atoms with Crippen LogP contribution in [0.1, 0.15) is 44.7 Å². The van der Waals surface area contributed by atoms with Crippen molar-refractivity contribution in [3.05, 3.63) is 86.9 Å². The number of rotatable bonds is 15. The molecule has 3 aromatic carbocycles. The highest BCUT2D eigenvalue weighted by atomic mass is 35.5. The molecule has 0 saturated carbocycles. The summed E-state index contributed by atoms with van der Waals surface area (Å²) in [6.07, 6.45) is 0.893. The summed E-state index contributed by atoms with van der Waals surface area (Å²) in [6.45, 7) is 6.19. The van der Waals surface area contributed by atoms with E-state index < -0.39 is 49.9 Å². The van der Waals surface area contributed by atoms with Gasteiger partial charge in [-0.3, -0.25) is 24.0 Å². The van der Waals surface area contributed by atoms with Crippen molar-refractivity contribution in [3.8, 4) is 11.5 Å². The van der Waals surface area contributed by atoms with E-state index in [4.69, 9.17) is 21.1 Å². The molecule has 0 spiro atoms. The summed E-state index contributed by atoms with van der Waals surface area (Å²) in [4.78, 5) is 39.8. The van der Waals surface area contributed by atoms with Crippen LogP contribution in [0.15, 0.2) is 65.6 Å². The lowest BCUT2D eigenvalue weighted by Gasteiger charge is -2.34. The first-order valence-corrected chi connectivity index (χ1v) is 16.4. The molecule has 248 valence electrons. The molecule has 0 heterocycles. The average Bonchev–Trinajstić information content (AvgIpc) is 3.03. The van der Waals surface area contributed by atoms with Gasteiger partial charge >= 0.3 is 0 Å². The Morgan fingerprint density at radius 2 is 1.74 bits per heavy atom. The van der Waals surface area contributed by atoms with Crippen LogP contribution in [-0.2, 0) is 26.2 Å². The van der Waals surface area contributed by atoms with Crippen LogP contribution in [0.2, 0.25) is 5.02 Å². The number of nitrogens with zero attached hydrogens (tertiary/aromatic N) is 3. The highest BCUT2D eigenvalue weighted by Crippen LogP contribution is 2.36. The molecule has 2 amide bonds. The summed E-state index contributed by atoms with van der Waals surface area (Å²) < 4.78 is 40.2. The third-order valence-electron chi connectivity index (χ3n) is 7.53. The topological polar surface area (TPSA) is 148 Å². The van der Waals surface area contributed by atoms with Gasteiger partial charge in [0.25, 0.3) is 15.7 Å². The summed E-state index contributed by atoms with van der Waals surface area (Å²) in [5.74, 6) is -0.475. The lowest BCUT2D eigenvalue weighted by Crippen LogP contribution is -2.53. The Morgan fingerprint density at radius 3 is 2.35 bits per heavy atom. The minimum Gasteiger partial charge on any atom is -0.497 e. The smallest absolute Gasteiger partial charge is 0.273 e. The van der Waals surface area contributed by atoms with E-state index in [1.54, 1.807) is 31.2 Å². The van der Waals surface area contributed by atoms with Crippen molar-refractivity contribution in [2.45, 2.75) is 64.1 Å². The van der Waals surface area contributed by atoms with Gasteiger partial charge in [-0.05, 0) is 68.7 Å². The van der Waals surface area contributed by atoms with Crippen molar-refractivity contribution in [2.24, 2.45) is 0 Å². The summed E-state index contributed by atoms with van der Waals surface area (Å²) in [5.41, 5.74) is 0.434. The van der Waals surface area contributed by atoms with Gasteiger partial charge in [0, 0.05) is 29.2 Å². The maximum absolute atomic E-state index is 14.4. The minimum absolute atomic E-state index is 0.0426. The van der Waals surface area contributed by atoms with Crippen LogP contribution in [0, 0.1) is 17.0 Å². The van der Waals surface area contributed by atoms with Gasteiger partial charge in [0.1, 0.15) is 24.1 Å². The van der Waals surface area contributed by atoms with E-state index >= 15 is 0 Å². The molecule has 1 N–H and O–H groups in total. The number of hydrogen-bond donors (Lipinski definition) is 1. The second-order valence-electron chi connectivity index (χ2n) is 10.6.